The first kappa shape index (κ1) is 31.2. The summed E-state index contributed by atoms with van der Waals surface area (Å²) in [4.78, 5) is 22.9. The van der Waals surface area contributed by atoms with Gasteiger partial charge in [-0.1, -0.05) is 29.3 Å². The number of aryl methyl sites for hydroxylation is 1. The Morgan fingerprint density at radius 3 is 1.76 bits per heavy atom. The maximum absolute atomic E-state index is 11.5. The summed E-state index contributed by atoms with van der Waals surface area (Å²) in [6, 6.07) is 6.33. The van der Waals surface area contributed by atoms with Crippen LogP contribution in [0.1, 0.15) is 55.6 Å². The summed E-state index contributed by atoms with van der Waals surface area (Å²) >= 11 is 12.1. The smallest absolute Gasteiger partial charge is 0.492 e. The lowest BCUT2D eigenvalue weighted by Gasteiger charge is -2.12. The number of hydrogen-bond acceptors (Lipinski definition) is 9. The maximum Gasteiger partial charge on any atom is 0.492 e. The van der Waals surface area contributed by atoms with Gasteiger partial charge in [0.05, 0.1) is 38.3 Å². The van der Waals surface area contributed by atoms with E-state index < -0.39 is 32.4 Å². The van der Waals surface area contributed by atoms with Crippen LogP contribution < -0.4 is 10.9 Å². The Morgan fingerprint density at radius 2 is 1.30 bits per heavy atom. The largest absolute Gasteiger partial charge is 0.508 e. The minimum absolute atomic E-state index is 0. The Bertz CT molecular complexity index is 1050. The van der Waals surface area contributed by atoms with Crippen molar-refractivity contribution in [3.63, 3.8) is 0 Å². The number of carbonyl (C=O) groups is 2. The second kappa shape index (κ2) is 13.7. The van der Waals surface area contributed by atoms with Crippen molar-refractivity contribution in [1.29, 1.82) is 0 Å². The van der Waals surface area contributed by atoms with Crippen LogP contribution in [0.3, 0.4) is 0 Å². The van der Waals surface area contributed by atoms with Crippen LogP contribution in [0.25, 0.3) is 0 Å². The highest BCUT2D eigenvalue weighted by molar-refractivity contribution is 6.63. The fourth-order valence-electron chi connectivity index (χ4n) is 4.13. The standard InChI is InChI=1S/C12H14BClO4.C11H12BClO5.ClH/c1-3-17-11(15)6-10-12-8(13(16)18-10)4-7(2)5-9(12)14;1-2-17-10(15)5-9-11-7(12(16)18-9)3-6(14)4-8(11)13;/h4-5,10,16H,3,6H2,1-2H3;3-4,9,14,16H,2,5H2,1H3;1H. The van der Waals surface area contributed by atoms with Crippen LogP contribution in [0.15, 0.2) is 24.3 Å². The second-order valence-corrected chi connectivity index (χ2v) is 8.97. The Hall–Kier alpha value is -1.98. The molecule has 2 aromatic rings. The first-order valence-corrected chi connectivity index (χ1v) is 12.1. The van der Waals surface area contributed by atoms with Gasteiger partial charge in [-0.2, -0.15) is 0 Å². The van der Waals surface area contributed by atoms with Crippen LogP contribution in [-0.4, -0.2) is 54.5 Å². The molecule has 0 bridgehead atoms. The van der Waals surface area contributed by atoms with E-state index >= 15 is 0 Å². The van der Waals surface area contributed by atoms with E-state index in [4.69, 9.17) is 42.0 Å². The van der Waals surface area contributed by atoms with Crippen molar-refractivity contribution in [1.82, 2.24) is 0 Å². The average Bonchev–Trinajstić information content (AvgIpc) is 3.25. The fraction of sp³-hybridized carbons (Fsp3) is 0.391. The van der Waals surface area contributed by atoms with Crippen LogP contribution in [0.5, 0.6) is 5.75 Å². The van der Waals surface area contributed by atoms with E-state index in [-0.39, 0.29) is 48.6 Å². The molecule has 9 nitrogen and oxygen atoms in total. The highest BCUT2D eigenvalue weighted by atomic mass is 35.5. The van der Waals surface area contributed by atoms with Crippen molar-refractivity contribution < 1.29 is 43.5 Å². The van der Waals surface area contributed by atoms with E-state index in [1.807, 2.05) is 13.0 Å². The van der Waals surface area contributed by atoms with Crippen molar-refractivity contribution in [2.75, 3.05) is 13.2 Å². The number of ether oxygens (including phenoxy) is 2. The van der Waals surface area contributed by atoms with E-state index in [1.165, 1.54) is 12.1 Å². The summed E-state index contributed by atoms with van der Waals surface area (Å²) in [7, 11) is -2.22. The van der Waals surface area contributed by atoms with E-state index in [1.54, 1.807) is 19.9 Å². The normalized spacial score (nSPS) is 17.3. The van der Waals surface area contributed by atoms with Crippen LogP contribution in [0.2, 0.25) is 10.0 Å². The van der Waals surface area contributed by atoms with Gasteiger partial charge in [0.15, 0.2) is 0 Å². The van der Waals surface area contributed by atoms with Crippen LogP contribution in [0.4, 0.5) is 0 Å². The molecule has 2 aliphatic rings. The lowest BCUT2D eigenvalue weighted by molar-refractivity contribution is -0.146. The number of esters is 2. The molecule has 0 fully saturated rings. The SMILES string of the molecule is CCOC(=O)CC1OB(O)c2cc(C)cc(Cl)c21.CCOC(=O)CC1OB(O)c2cc(O)cc(Cl)c21.Cl. The van der Waals surface area contributed by atoms with Crippen molar-refractivity contribution in [3.05, 3.63) is 51.0 Å². The van der Waals surface area contributed by atoms with Gasteiger partial charge in [0.1, 0.15) is 5.75 Å². The molecule has 2 heterocycles. The van der Waals surface area contributed by atoms with Crippen LogP contribution in [0, 0.1) is 6.92 Å². The summed E-state index contributed by atoms with van der Waals surface area (Å²) in [5, 5.41) is 29.7. The summed E-state index contributed by atoms with van der Waals surface area (Å²) in [5.74, 6) is -0.843. The van der Waals surface area contributed by atoms with Crippen molar-refractivity contribution in [3.8, 4) is 5.75 Å². The third kappa shape index (κ3) is 7.54. The maximum atomic E-state index is 11.5. The number of phenols is 1. The van der Waals surface area contributed by atoms with Gasteiger partial charge in [-0.25, -0.2) is 0 Å². The molecule has 0 radical (unpaired) electrons. The van der Waals surface area contributed by atoms with E-state index in [0.29, 0.717) is 33.7 Å². The van der Waals surface area contributed by atoms with E-state index in [2.05, 4.69) is 0 Å². The van der Waals surface area contributed by atoms with Crippen LogP contribution >= 0.6 is 35.6 Å². The quantitative estimate of drug-likeness (QED) is 0.351. The summed E-state index contributed by atoms with van der Waals surface area (Å²) in [6.07, 6.45) is -1.16. The number of hydrogen-bond donors (Lipinski definition) is 3. The summed E-state index contributed by atoms with van der Waals surface area (Å²) in [6.45, 7) is 5.94. The van der Waals surface area contributed by atoms with Crippen molar-refractivity contribution >= 4 is 72.7 Å². The number of benzene rings is 2. The molecule has 2 unspecified atom stereocenters. The average molecular weight is 575 g/mol. The lowest BCUT2D eigenvalue weighted by atomic mass is 9.78. The molecule has 3 N–H and O–H groups in total. The van der Waals surface area contributed by atoms with Gasteiger partial charge in [0, 0.05) is 10.0 Å². The molecule has 4 rings (SSSR count). The fourth-order valence-corrected chi connectivity index (χ4v) is 4.87. The van der Waals surface area contributed by atoms with Gasteiger partial charge in [0.2, 0.25) is 0 Å². The van der Waals surface area contributed by atoms with Gasteiger partial charge < -0.3 is 33.9 Å². The predicted octanol–water partition coefficient (Wildman–Crippen LogP) is 2.54. The molecular weight excluding hydrogens is 548 g/mol. The monoisotopic (exact) mass is 574 g/mol. The molecule has 2 atom stereocenters. The molecule has 200 valence electrons. The zero-order valence-electron chi connectivity index (χ0n) is 20.4. The number of fused-ring (bicyclic) bond motifs is 2. The van der Waals surface area contributed by atoms with Gasteiger partial charge >= 0.3 is 26.2 Å². The molecule has 2 aliphatic heterocycles. The van der Waals surface area contributed by atoms with E-state index in [0.717, 1.165) is 5.56 Å². The third-order valence-electron chi connectivity index (χ3n) is 5.53. The molecule has 0 aliphatic carbocycles. The zero-order valence-corrected chi connectivity index (χ0v) is 22.7. The molecule has 0 spiro atoms. The van der Waals surface area contributed by atoms with Gasteiger partial charge in [0.25, 0.3) is 0 Å². The predicted molar refractivity (Wildman–Crippen MR) is 142 cm³/mol. The number of carbonyl (C=O) groups excluding carboxylic acids is 2. The van der Waals surface area contributed by atoms with Gasteiger partial charge in [-0.05, 0) is 66.6 Å². The summed E-state index contributed by atoms with van der Waals surface area (Å²) in [5.41, 5.74) is 3.17. The van der Waals surface area contributed by atoms with Crippen LogP contribution in [-0.2, 0) is 28.4 Å². The number of halogens is 3. The summed E-state index contributed by atoms with van der Waals surface area (Å²) < 4.78 is 20.3. The Morgan fingerprint density at radius 1 is 0.865 bits per heavy atom. The third-order valence-corrected chi connectivity index (χ3v) is 6.15. The molecule has 0 saturated carbocycles. The first-order chi connectivity index (χ1) is 17.0. The Labute approximate surface area is 231 Å². The number of rotatable bonds is 6. The minimum Gasteiger partial charge on any atom is -0.508 e. The molecule has 0 amide bonds. The Kier molecular flexibility index (Phi) is 11.6. The number of aromatic hydroxyl groups is 1. The van der Waals surface area contributed by atoms with E-state index in [9.17, 15) is 24.7 Å². The Balaban J connectivity index is 0.000000253. The minimum atomic E-state index is -1.19. The van der Waals surface area contributed by atoms with Crippen molar-refractivity contribution in [2.24, 2.45) is 0 Å². The molecule has 14 heteroatoms. The lowest BCUT2D eigenvalue weighted by Crippen LogP contribution is -2.28. The highest BCUT2D eigenvalue weighted by Gasteiger charge is 2.39. The first-order valence-electron chi connectivity index (χ1n) is 11.4. The molecule has 37 heavy (non-hydrogen) atoms. The zero-order chi connectivity index (χ0) is 26.6. The molecule has 2 aromatic carbocycles. The number of phenolic OH excluding ortho intramolecular Hbond substituents is 1. The molecule has 0 saturated heterocycles. The van der Waals surface area contributed by atoms with Gasteiger partial charge in [-0.3, -0.25) is 9.59 Å². The topological polar surface area (TPSA) is 132 Å². The van der Waals surface area contributed by atoms with Crippen molar-refractivity contribution in [2.45, 2.75) is 45.8 Å². The highest BCUT2D eigenvalue weighted by Crippen LogP contribution is 2.35. The molecule has 0 aromatic heterocycles. The van der Waals surface area contributed by atoms with Gasteiger partial charge in [-0.15, -0.1) is 12.4 Å². The second-order valence-electron chi connectivity index (χ2n) is 8.15. The molecular formula is C23H27B2Cl3O9.